The molecule has 1 unspecified atom stereocenters. The first-order chi connectivity index (χ1) is 7.65. The molecule has 3 nitrogen and oxygen atoms in total. The Balaban J connectivity index is 2.50. The van der Waals surface area contributed by atoms with Crippen molar-refractivity contribution < 1.29 is 18.6 Å². The lowest BCUT2D eigenvalue weighted by molar-refractivity contribution is 0.342. The Morgan fingerprint density at radius 1 is 1.50 bits per heavy atom. The molecule has 0 bridgehead atoms. The van der Waals surface area contributed by atoms with E-state index in [2.05, 4.69) is 5.32 Å². The molecule has 1 aliphatic rings. The molecule has 2 rings (SSSR count). The van der Waals surface area contributed by atoms with Gasteiger partial charge < -0.3 is 15.2 Å². The first-order valence-electron chi connectivity index (χ1n) is 5.13. The van der Waals surface area contributed by atoms with E-state index < -0.39 is 17.4 Å². The molecular weight excluding hydrogens is 216 g/mol. The third kappa shape index (κ3) is 1.71. The molecule has 0 aromatic heterocycles. The third-order valence-corrected chi connectivity index (χ3v) is 2.82. The normalized spacial score (nSPS) is 20.1. The van der Waals surface area contributed by atoms with Crippen LogP contribution in [0.5, 0.6) is 11.5 Å². The number of phenols is 1. The molecule has 88 valence electrons. The number of aromatic hydroxyl groups is 1. The Hall–Kier alpha value is -1.36. The first kappa shape index (κ1) is 11.1. The van der Waals surface area contributed by atoms with Gasteiger partial charge in [-0.15, -0.1) is 0 Å². The number of halogens is 2. The average Bonchev–Trinajstić information content (AvgIpc) is 2.79. The van der Waals surface area contributed by atoms with Gasteiger partial charge in [-0.1, -0.05) is 0 Å². The van der Waals surface area contributed by atoms with E-state index in [-0.39, 0.29) is 11.8 Å². The lowest BCUT2D eigenvalue weighted by Gasteiger charge is -2.16. The molecular formula is C11H13F2NO2. The van der Waals surface area contributed by atoms with E-state index >= 15 is 0 Å². The minimum absolute atomic E-state index is 0.0849. The Labute approximate surface area is 92.0 Å². The zero-order valence-corrected chi connectivity index (χ0v) is 8.89. The topological polar surface area (TPSA) is 41.5 Å². The minimum atomic E-state index is -1.04. The van der Waals surface area contributed by atoms with Gasteiger partial charge in [0.1, 0.15) is 0 Å². The van der Waals surface area contributed by atoms with Crippen LogP contribution >= 0.6 is 0 Å². The van der Waals surface area contributed by atoms with Gasteiger partial charge in [-0.05, 0) is 25.5 Å². The highest BCUT2D eigenvalue weighted by molar-refractivity contribution is 5.45. The molecule has 0 radical (unpaired) electrons. The number of hydrogen-bond acceptors (Lipinski definition) is 3. The Morgan fingerprint density at radius 3 is 2.81 bits per heavy atom. The fourth-order valence-corrected chi connectivity index (χ4v) is 2.03. The summed E-state index contributed by atoms with van der Waals surface area (Å²) in [4.78, 5) is 0. The number of nitrogens with one attached hydrogen (secondary N) is 1. The summed E-state index contributed by atoms with van der Waals surface area (Å²) in [5, 5.41) is 12.3. The van der Waals surface area contributed by atoms with Crippen LogP contribution in [-0.2, 0) is 0 Å². The summed E-state index contributed by atoms with van der Waals surface area (Å²) in [6.45, 7) is 0.817. The third-order valence-electron chi connectivity index (χ3n) is 2.82. The van der Waals surface area contributed by atoms with Crippen molar-refractivity contribution in [1.82, 2.24) is 5.32 Å². The molecule has 0 amide bonds. The van der Waals surface area contributed by atoms with Gasteiger partial charge in [-0.25, -0.2) is 4.39 Å². The summed E-state index contributed by atoms with van der Waals surface area (Å²) < 4.78 is 31.7. The van der Waals surface area contributed by atoms with E-state index in [4.69, 9.17) is 9.84 Å². The van der Waals surface area contributed by atoms with Crippen molar-refractivity contribution in [3.8, 4) is 11.5 Å². The Bertz CT molecular complexity index is 403. The van der Waals surface area contributed by atoms with E-state index in [9.17, 15) is 8.78 Å². The van der Waals surface area contributed by atoms with Crippen LogP contribution in [0.2, 0.25) is 0 Å². The zero-order chi connectivity index (χ0) is 11.7. The molecule has 2 N–H and O–H groups in total. The molecule has 1 heterocycles. The highest BCUT2D eigenvalue weighted by Gasteiger charge is 2.26. The molecule has 0 aliphatic carbocycles. The molecule has 16 heavy (non-hydrogen) atoms. The highest BCUT2D eigenvalue weighted by Crippen LogP contribution is 2.38. The monoisotopic (exact) mass is 229 g/mol. The van der Waals surface area contributed by atoms with Crippen molar-refractivity contribution in [2.24, 2.45) is 0 Å². The fraction of sp³-hybridized carbons (Fsp3) is 0.455. The summed E-state index contributed by atoms with van der Waals surface area (Å²) in [7, 11) is 1.30. The molecule has 5 heteroatoms. The lowest BCUT2D eigenvalue weighted by atomic mass is 10.0. The molecule has 0 saturated carbocycles. The smallest absolute Gasteiger partial charge is 0.209 e. The number of methoxy groups -OCH3 is 1. The molecule has 0 spiro atoms. The quantitative estimate of drug-likeness (QED) is 0.816. The van der Waals surface area contributed by atoms with Gasteiger partial charge in [0.2, 0.25) is 5.82 Å². The van der Waals surface area contributed by atoms with Gasteiger partial charge in [0.25, 0.3) is 0 Å². The van der Waals surface area contributed by atoms with Crippen molar-refractivity contribution in [1.29, 1.82) is 0 Å². The van der Waals surface area contributed by atoms with Crippen LogP contribution in [0.4, 0.5) is 8.78 Å². The second-order valence-electron chi connectivity index (χ2n) is 3.79. The maximum atomic E-state index is 13.5. The SMILES string of the molecule is COc1c(C2CCCN2)cc(F)c(O)c1F. The predicted octanol–water partition coefficient (Wildman–Crippen LogP) is 2.10. The summed E-state index contributed by atoms with van der Waals surface area (Å²) in [6, 6.07) is 1.01. The molecule has 1 aromatic carbocycles. The second kappa shape index (κ2) is 4.25. The van der Waals surface area contributed by atoms with E-state index in [1.807, 2.05) is 0 Å². The number of benzene rings is 1. The number of rotatable bonds is 2. The Morgan fingerprint density at radius 2 is 2.25 bits per heavy atom. The predicted molar refractivity (Wildman–Crippen MR) is 54.6 cm³/mol. The fourth-order valence-electron chi connectivity index (χ4n) is 2.03. The first-order valence-corrected chi connectivity index (χ1v) is 5.13. The molecule has 1 atom stereocenters. The van der Waals surface area contributed by atoms with Crippen molar-refractivity contribution in [2.45, 2.75) is 18.9 Å². The molecule has 1 saturated heterocycles. The molecule has 1 aliphatic heterocycles. The summed E-state index contributed by atoms with van der Waals surface area (Å²) >= 11 is 0. The standard InChI is InChI=1S/C11H13F2NO2/c1-16-11-6(8-3-2-4-14-8)5-7(12)10(15)9(11)13/h5,8,14-15H,2-4H2,1H3. The Kier molecular flexibility index (Phi) is 2.96. The van der Waals surface area contributed by atoms with Crippen LogP contribution in [-0.4, -0.2) is 18.8 Å². The molecule has 1 fully saturated rings. The van der Waals surface area contributed by atoms with E-state index in [1.165, 1.54) is 7.11 Å². The van der Waals surface area contributed by atoms with Gasteiger partial charge in [0.05, 0.1) is 7.11 Å². The van der Waals surface area contributed by atoms with Gasteiger partial charge in [-0.2, -0.15) is 4.39 Å². The van der Waals surface area contributed by atoms with Crippen LogP contribution in [0.15, 0.2) is 6.07 Å². The molecule has 1 aromatic rings. The van der Waals surface area contributed by atoms with Crippen LogP contribution in [0, 0.1) is 11.6 Å². The van der Waals surface area contributed by atoms with Crippen LogP contribution in [0.1, 0.15) is 24.4 Å². The van der Waals surface area contributed by atoms with E-state index in [0.29, 0.717) is 5.56 Å². The van der Waals surface area contributed by atoms with Crippen molar-refractivity contribution in [3.05, 3.63) is 23.3 Å². The zero-order valence-electron chi connectivity index (χ0n) is 8.89. The number of hydrogen-bond donors (Lipinski definition) is 2. The van der Waals surface area contributed by atoms with Gasteiger partial charge >= 0.3 is 0 Å². The largest absolute Gasteiger partial charge is 0.503 e. The second-order valence-corrected chi connectivity index (χ2v) is 3.79. The maximum Gasteiger partial charge on any atom is 0.209 e. The van der Waals surface area contributed by atoms with Gasteiger partial charge in [-0.3, -0.25) is 0 Å². The van der Waals surface area contributed by atoms with Gasteiger partial charge in [0.15, 0.2) is 17.3 Å². The number of ether oxygens (including phenoxy) is 1. The summed E-state index contributed by atoms with van der Waals surface area (Å²) in [5.41, 5.74) is 0.424. The van der Waals surface area contributed by atoms with E-state index in [1.54, 1.807) is 0 Å². The maximum absolute atomic E-state index is 13.5. The average molecular weight is 229 g/mol. The van der Waals surface area contributed by atoms with E-state index in [0.717, 1.165) is 25.5 Å². The lowest BCUT2D eigenvalue weighted by Crippen LogP contribution is -2.14. The van der Waals surface area contributed by atoms with Crippen molar-refractivity contribution in [2.75, 3.05) is 13.7 Å². The minimum Gasteiger partial charge on any atom is -0.503 e. The van der Waals surface area contributed by atoms with Crippen molar-refractivity contribution in [3.63, 3.8) is 0 Å². The van der Waals surface area contributed by atoms with Crippen LogP contribution < -0.4 is 10.1 Å². The summed E-state index contributed by atoms with van der Waals surface area (Å²) in [6.07, 6.45) is 1.76. The van der Waals surface area contributed by atoms with Crippen LogP contribution in [0.25, 0.3) is 0 Å². The van der Waals surface area contributed by atoms with Gasteiger partial charge in [0, 0.05) is 11.6 Å². The van der Waals surface area contributed by atoms with Crippen LogP contribution in [0.3, 0.4) is 0 Å². The summed E-state index contributed by atoms with van der Waals surface area (Å²) in [5.74, 6) is -3.06. The highest BCUT2D eigenvalue weighted by atomic mass is 19.1. The van der Waals surface area contributed by atoms with Crippen molar-refractivity contribution >= 4 is 0 Å². The number of phenolic OH excluding ortho intramolecular Hbond substituents is 1.